The number of benzene rings is 1. The van der Waals surface area contributed by atoms with Crippen LogP contribution in [0.4, 0.5) is 0 Å². The summed E-state index contributed by atoms with van der Waals surface area (Å²) in [5, 5.41) is 14.1. The van der Waals surface area contributed by atoms with Crippen molar-refractivity contribution < 1.29 is 5.11 Å². The summed E-state index contributed by atoms with van der Waals surface area (Å²) in [5.41, 5.74) is 1.26. The van der Waals surface area contributed by atoms with Gasteiger partial charge in [0.25, 0.3) is 0 Å². The fraction of sp³-hybridized carbons (Fsp3) is 0.625. The monoisotopic (exact) mass is 281 g/mol. The van der Waals surface area contributed by atoms with Gasteiger partial charge in [-0.05, 0) is 55.8 Å². The van der Waals surface area contributed by atoms with Crippen LogP contribution >= 0.6 is 11.6 Å². The fourth-order valence-corrected chi connectivity index (χ4v) is 3.18. The first-order valence-corrected chi connectivity index (χ1v) is 7.73. The predicted molar refractivity (Wildman–Crippen MR) is 80.5 cm³/mol. The summed E-state index contributed by atoms with van der Waals surface area (Å²) in [6.45, 7) is 3.18. The minimum absolute atomic E-state index is 0.0909. The number of aliphatic hydroxyl groups is 1. The van der Waals surface area contributed by atoms with E-state index in [2.05, 4.69) is 18.3 Å². The molecule has 2 nitrogen and oxygen atoms in total. The van der Waals surface area contributed by atoms with E-state index in [1.807, 2.05) is 18.2 Å². The molecule has 0 aromatic heterocycles. The predicted octanol–water partition coefficient (Wildman–Crippen LogP) is 3.93. The van der Waals surface area contributed by atoms with Crippen molar-refractivity contribution in [1.82, 2.24) is 5.32 Å². The normalized spacial score (nSPS) is 25.2. The number of hydrogen-bond donors (Lipinski definition) is 2. The minimum Gasteiger partial charge on any atom is -0.393 e. The summed E-state index contributed by atoms with van der Waals surface area (Å²) in [6, 6.07) is 8.45. The van der Waals surface area contributed by atoms with Crippen molar-refractivity contribution >= 4 is 11.6 Å². The first-order chi connectivity index (χ1) is 9.19. The molecule has 19 heavy (non-hydrogen) atoms. The van der Waals surface area contributed by atoms with Gasteiger partial charge in [0.15, 0.2) is 0 Å². The molecule has 1 aliphatic rings. The highest BCUT2D eigenvalue weighted by molar-refractivity contribution is 6.30. The van der Waals surface area contributed by atoms with Crippen LogP contribution in [0, 0.1) is 5.92 Å². The van der Waals surface area contributed by atoms with Crippen molar-refractivity contribution in [1.29, 1.82) is 0 Å². The standard InChI is InChI=1S/C16H24ClNO/c1-2-16(13-6-4-7-14(17)10-13)18-11-12-5-3-8-15(19)9-12/h4,6-7,10,12,15-16,18-19H,2-3,5,8-9,11H2,1H3. The van der Waals surface area contributed by atoms with Crippen molar-refractivity contribution in [2.24, 2.45) is 5.92 Å². The molecular formula is C16H24ClNO. The molecule has 2 N–H and O–H groups in total. The molecule has 0 bridgehead atoms. The van der Waals surface area contributed by atoms with E-state index in [1.54, 1.807) is 0 Å². The summed E-state index contributed by atoms with van der Waals surface area (Å²) >= 11 is 6.05. The topological polar surface area (TPSA) is 32.3 Å². The quantitative estimate of drug-likeness (QED) is 0.857. The molecule has 1 aromatic carbocycles. The SMILES string of the molecule is CCC(NCC1CCCC(O)C1)c1cccc(Cl)c1. The van der Waals surface area contributed by atoms with Crippen molar-refractivity contribution in [2.45, 2.75) is 51.2 Å². The Morgan fingerprint density at radius 1 is 1.42 bits per heavy atom. The zero-order valence-corrected chi connectivity index (χ0v) is 12.4. The molecule has 0 spiro atoms. The summed E-state index contributed by atoms with van der Waals surface area (Å²) in [6.07, 6.45) is 5.26. The molecule has 1 fully saturated rings. The van der Waals surface area contributed by atoms with Gasteiger partial charge in [-0.2, -0.15) is 0 Å². The molecule has 0 amide bonds. The highest BCUT2D eigenvalue weighted by atomic mass is 35.5. The van der Waals surface area contributed by atoms with Gasteiger partial charge in [0, 0.05) is 11.1 Å². The van der Waals surface area contributed by atoms with Gasteiger partial charge in [-0.25, -0.2) is 0 Å². The second-order valence-electron chi connectivity index (χ2n) is 5.61. The van der Waals surface area contributed by atoms with Crippen molar-refractivity contribution in [3.8, 4) is 0 Å². The van der Waals surface area contributed by atoms with Crippen LogP contribution in [0.2, 0.25) is 5.02 Å². The zero-order valence-electron chi connectivity index (χ0n) is 11.6. The number of hydrogen-bond acceptors (Lipinski definition) is 2. The van der Waals surface area contributed by atoms with Crippen LogP contribution in [0.15, 0.2) is 24.3 Å². The maximum atomic E-state index is 9.71. The Labute approximate surface area is 121 Å². The van der Waals surface area contributed by atoms with E-state index < -0.39 is 0 Å². The van der Waals surface area contributed by atoms with E-state index in [9.17, 15) is 5.11 Å². The second-order valence-corrected chi connectivity index (χ2v) is 6.05. The first kappa shape index (κ1) is 14.8. The molecular weight excluding hydrogens is 258 g/mol. The zero-order chi connectivity index (χ0) is 13.7. The van der Waals surface area contributed by atoms with E-state index in [1.165, 1.54) is 12.0 Å². The number of nitrogens with one attached hydrogen (secondary N) is 1. The average Bonchev–Trinajstić information content (AvgIpc) is 2.40. The van der Waals surface area contributed by atoms with E-state index in [4.69, 9.17) is 11.6 Å². The highest BCUT2D eigenvalue weighted by Crippen LogP contribution is 2.25. The Hall–Kier alpha value is -0.570. The van der Waals surface area contributed by atoms with Crippen LogP contribution in [-0.4, -0.2) is 17.8 Å². The Kier molecular flexibility index (Phi) is 5.68. The molecule has 0 radical (unpaired) electrons. The van der Waals surface area contributed by atoms with Gasteiger partial charge in [-0.15, -0.1) is 0 Å². The van der Waals surface area contributed by atoms with Gasteiger partial charge in [0.2, 0.25) is 0 Å². The van der Waals surface area contributed by atoms with Crippen LogP contribution in [0.5, 0.6) is 0 Å². The lowest BCUT2D eigenvalue weighted by molar-refractivity contribution is 0.0995. The molecule has 2 rings (SSSR count). The van der Waals surface area contributed by atoms with Crippen LogP contribution in [-0.2, 0) is 0 Å². The number of rotatable bonds is 5. The molecule has 0 heterocycles. The van der Waals surface area contributed by atoms with E-state index in [0.717, 1.165) is 37.3 Å². The van der Waals surface area contributed by atoms with Crippen LogP contribution in [0.25, 0.3) is 0 Å². The maximum Gasteiger partial charge on any atom is 0.0543 e. The average molecular weight is 282 g/mol. The first-order valence-electron chi connectivity index (χ1n) is 7.36. The van der Waals surface area contributed by atoms with Crippen LogP contribution < -0.4 is 5.32 Å². The largest absolute Gasteiger partial charge is 0.393 e. The second kappa shape index (κ2) is 7.28. The van der Waals surface area contributed by atoms with Gasteiger partial charge in [0.1, 0.15) is 0 Å². The third-order valence-corrected chi connectivity index (χ3v) is 4.30. The molecule has 0 saturated heterocycles. The summed E-state index contributed by atoms with van der Waals surface area (Å²) in [5.74, 6) is 0.608. The Morgan fingerprint density at radius 2 is 2.26 bits per heavy atom. The lowest BCUT2D eigenvalue weighted by atomic mass is 9.87. The van der Waals surface area contributed by atoms with Crippen LogP contribution in [0.1, 0.15) is 50.6 Å². The lowest BCUT2D eigenvalue weighted by Gasteiger charge is -2.28. The molecule has 3 heteroatoms. The minimum atomic E-state index is -0.0909. The maximum absolute atomic E-state index is 9.71. The number of aliphatic hydroxyl groups excluding tert-OH is 1. The van der Waals surface area contributed by atoms with Gasteiger partial charge in [-0.3, -0.25) is 0 Å². The van der Waals surface area contributed by atoms with Gasteiger partial charge >= 0.3 is 0 Å². The van der Waals surface area contributed by atoms with E-state index in [-0.39, 0.29) is 6.10 Å². The molecule has 3 unspecified atom stereocenters. The molecule has 106 valence electrons. The third-order valence-electron chi connectivity index (χ3n) is 4.07. The number of halogens is 1. The molecule has 1 saturated carbocycles. The van der Waals surface area contributed by atoms with Gasteiger partial charge in [0.05, 0.1) is 6.10 Å². The van der Waals surface area contributed by atoms with E-state index in [0.29, 0.717) is 12.0 Å². The van der Waals surface area contributed by atoms with Crippen molar-refractivity contribution in [2.75, 3.05) is 6.54 Å². The summed E-state index contributed by atoms with van der Waals surface area (Å²) < 4.78 is 0. The van der Waals surface area contributed by atoms with Crippen LogP contribution in [0.3, 0.4) is 0 Å². The van der Waals surface area contributed by atoms with Gasteiger partial charge in [-0.1, -0.05) is 37.1 Å². The molecule has 1 aromatic rings. The Balaban J connectivity index is 1.89. The van der Waals surface area contributed by atoms with Crippen molar-refractivity contribution in [3.63, 3.8) is 0 Å². The molecule has 3 atom stereocenters. The highest BCUT2D eigenvalue weighted by Gasteiger charge is 2.21. The fourth-order valence-electron chi connectivity index (χ4n) is 2.98. The van der Waals surface area contributed by atoms with Crippen molar-refractivity contribution in [3.05, 3.63) is 34.9 Å². The third kappa shape index (κ3) is 4.48. The Bertz CT molecular complexity index is 396. The lowest BCUT2D eigenvalue weighted by Crippen LogP contribution is -2.31. The molecule has 1 aliphatic carbocycles. The summed E-state index contributed by atoms with van der Waals surface area (Å²) in [7, 11) is 0. The van der Waals surface area contributed by atoms with E-state index >= 15 is 0 Å². The Morgan fingerprint density at radius 3 is 2.95 bits per heavy atom. The summed E-state index contributed by atoms with van der Waals surface area (Å²) in [4.78, 5) is 0. The van der Waals surface area contributed by atoms with Gasteiger partial charge < -0.3 is 10.4 Å². The smallest absolute Gasteiger partial charge is 0.0543 e. The molecule has 0 aliphatic heterocycles.